The maximum absolute atomic E-state index is 11.6. The minimum absolute atomic E-state index is 0.113. The third-order valence-electron chi connectivity index (χ3n) is 1.82. The number of hydroxylamine groups is 1. The van der Waals surface area contributed by atoms with E-state index in [1.54, 1.807) is 12.1 Å². The van der Waals surface area contributed by atoms with Crippen LogP contribution in [-0.2, 0) is 14.0 Å². The molecule has 0 heterocycles. The predicted molar refractivity (Wildman–Crippen MR) is 60.1 cm³/mol. The molecule has 1 atom stereocenters. The van der Waals surface area contributed by atoms with Crippen molar-refractivity contribution < 1.29 is 18.9 Å². The van der Waals surface area contributed by atoms with E-state index in [0.717, 1.165) is 11.6 Å². The van der Waals surface area contributed by atoms with Gasteiger partial charge in [0.25, 0.3) is 5.91 Å². The Bertz CT molecular complexity index is 441. The summed E-state index contributed by atoms with van der Waals surface area (Å²) in [5.41, 5.74) is 2.77. The number of carbonyl (C=O) groups excluding carboxylic acids is 1. The molecule has 1 aromatic rings. The van der Waals surface area contributed by atoms with Gasteiger partial charge in [0.1, 0.15) is 0 Å². The topological polar surface area (TPSA) is 75.6 Å². The maximum atomic E-state index is 11.6. The Morgan fingerprint density at radius 1 is 1.50 bits per heavy atom. The Kier molecular flexibility index (Phi) is 4.01. The highest BCUT2D eigenvalue weighted by molar-refractivity contribution is 7.61. The Morgan fingerprint density at radius 2 is 2.06 bits per heavy atom. The monoisotopic (exact) mass is 241 g/mol. The van der Waals surface area contributed by atoms with Crippen LogP contribution in [-0.4, -0.2) is 10.8 Å². The molecule has 0 bridgehead atoms. The van der Waals surface area contributed by atoms with Crippen LogP contribution >= 0.6 is 7.60 Å². The fourth-order valence-electron chi connectivity index (χ4n) is 0.934. The first kappa shape index (κ1) is 12.6. The fourth-order valence-corrected chi connectivity index (χ4v) is 1.78. The fraction of sp³-hybridized carbons (Fsp3) is 0.100. The summed E-state index contributed by atoms with van der Waals surface area (Å²) in [6.07, 6.45) is 0.940. The Hall–Kier alpha value is -1.42. The Morgan fingerprint density at radius 3 is 2.56 bits per heavy atom. The minimum Gasteiger partial charge on any atom is -0.320 e. The first-order valence-corrected chi connectivity index (χ1v) is 6.04. The zero-order valence-corrected chi connectivity index (χ0v) is 9.61. The summed E-state index contributed by atoms with van der Waals surface area (Å²) in [6.45, 7) is 5.04. The summed E-state index contributed by atoms with van der Waals surface area (Å²) < 4.78 is 16.1. The van der Waals surface area contributed by atoms with Gasteiger partial charge in [-0.2, -0.15) is 4.62 Å². The van der Waals surface area contributed by atoms with Crippen molar-refractivity contribution in [3.8, 4) is 0 Å². The molecule has 1 rings (SSSR count). The number of nitrogens with one attached hydrogen (secondary N) is 1. The van der Waals surface area contributed by atoms with Gasteiger partial charge in [-0.25, -0.2) is 5.48 Å². The maximum Gasteiger partial charge on any atom is 0.379 e. The van der Waals surface area contributed by atoms with Crippen molar-refractivity contribution in [2.45, 2.75) is 6.92 Å². The number of rotatable bonds is 4. The molecule has 5 nitrogen and oxygen atoms in total. The van der Waals surface area contributed by atoms with E-state index in [1.165, 1.54) is 12.1 Å². The number of amides is 1. The summed E-state index contributed by atoms with van der Waals surface area (Å²) in [6, 6.07) is 6.29. The highest BCUT2D eigenvalue weighted by Crippen LogP contribution is 2.39. The lowest BCUT2D eigenvalue weighted by Gasteiger charge is -2.11. The standard InChI is InChI=1S/C10H12NO4P/c1-3-10(12)11-15-16(13,14)9-6-4-8(2)5-7-9/h3-7H,1H2,2H3,(H,11,12)(H,13,14). The van der Waals surface area contributed by atoms with Gasteiger partial charge in [0.05, 0.1) is 5.30 Å². The van der Waals surface area contributed by atoms with Gasteiger partial charge in [-0.3, -0.25) is 9.36 Å². The van der Waals surface area contributed by atoms with E-state index in [1.807, 2.05) is 12.4 Å². The Balaban J connectivity index is 2.77. The van der Waals surface area contributed by atoms with Crippen LogP contribution < -0.4 is 10.8 Å². The van der Waals surface area contributed by atoms with Gasteiger partial charge >= 0.3 is 7.60 Å². The van der Waals surface area contributed by atoms with E-state index >= 15 is 0 Å². The van der Waals surface area contributed by atoms with Crippen molar-refractivity contribution >= 4 is 18.8 Å². The molecule has 16 heavy (non-hydrogen) atoms. The molecule has 86 valence electrons. The SMILES string of the molecule is C=CC(=O)NOP(=O)(O)c1ccc(C)cc1. The lowest BCUT2D eigenvalue weighted by Crippen LogP contribution is -2.22. The summed E-state index contributed by atoms with van der Waals surface area (Å²) in [4.78, 5) is 20.3. The summed E-state index contributed by atoms with van der Waals surface area (Å²) in [7, 11) is -4.01. The predicted octanol–water partition coefficient (Wildman–Crippen LogP) is 1.04. The van der Waals surface area contributed by atoms with E-state index in [-0.39, 0.29) is 5.30 Å². The number of aryl methyl sites for hydroxylation is 1. The molecule has 1 amide bonds. The molecule has 0 aliphatic heterocycles. The zero-order valence-electron chi connectivity index (χ0n) is 8.71. The second kappa shape index (κ2) is 5.07. The van der Waals surface area contributed by atoms with E-state index in [9.17, 15) is 14.3 Å². The number of hydrogen-bond donors (Lipinski definition) is 2. The molecule has 2 N–H and O–H groups in total. The summed E-state index contributed by atoms with van der Waals surface area (Å²) in [5, 5.41) is 0.113. The van der Waals surface area contributed by atoms with Gasteiger partial charge in [0.15, 0.2) is 0 Å². The van der Waals surface area contributed by atoms with Crippen LogP contribution in [0.15, 0.2) is 36.9 Å². The molecule has 0 fully saturated rings. The van der Waals surface area contributed by atoms with Crippen molar-refractivity contribution in [2.24, 2.45) is 0 Å². The normalized spacial score (nSPS) is 13.9. The molecular formula is C10H12NO4P. The molecule has 1 unspecified atom stereocenters. The lowest BCUT2D eigenvalue weighted by atomic mass is 10.2. The third-order valence-corrected chi connectivity index (χ3v) is 3.11. The van der Waals surface area contributed by atoms with Crippen molar-refractivity contribution in [1.82, 2.24) is 5.48 Å². The van der Waals surface area contributed by atoms with Crippen LogP contribution in [0.1, 0.15) is 5.56 Å². The van der Waals surface area contributed by atoms with Gasteiger partial charge in [0, 0.05) is 0 Å². The average Bonchev–Trinajstić information content (AvgIpc) is 2.26. The first-order valence-electron chi connectivity index (χ1n) is 4.47. The van der Waals surface area contributed by atoms with Crippen LogP contribution in [0, 0.1) is 6.92 Å². The molecule has 0 radical (unpaired) electrons. The van der Waals surface area contributed by atoms with Gasteiger partial charge in [-0.15, -0.1) is 0 Å². The van der Waals surface area contributed by atoms with E-state index in [4.69, 9.17) is 0 Å². The van der Waals surface area contributed by atoms with E-state index < -0.39 is 13.5 Å². The van der Waals surface area contributed by atoms with Crippen LogP contribution in [0.2, 0.25) is 0 Å². The second-order valence-corrected chi connectivity index (χ2v) is 4.86. The van der Waals surface area contributed by atoms with Crippen molar-refractivity contribution in [3.63, 3.8) is 0 Å². The largest absolute Gasteiger partial charge is 0.379 e. The molecule has 0 spiro atoms. The zero-order chi connectivity index (χ0) is 12.2. The average molecular weight is 241 g/mol. The van der Waals surface area contributed by atoms with Crippen molar-refractivity contribution in [1.29, 1.82) is 0 Å². The molecule has 0 saturated heterocycles. The van der Waals surface area contributed by atoms with Crippen LogP contribution in [0.3, 0.4) is 0 Å². The molecule has 6 heteroatoms. The molecule has 0 aliphatic rings. The Labute approximate surface area is 93.2 Å². The number of benzene rings is 1. The van der Waals surface area contributed by atoms with Gasteiger partial charge < -0.3 is 4.89 Å². The summed E-state index contributed by atoms with van der Waals surface area (Å²) >= 11 is 0. The smallest absolute Gasteiger partial charge is 0.320 e. The molecular weight excluding hydrogens is 229 g/mol. The van der Waals surface area contributed by atoms with Gasteiger partial charge in [0.2, 0.25) is 0 Å². The molecule has 0 aliphatic carbocycles. The highest BCUT2D eigenvalue weighted by atomic mass is 31.2. The second-order valence-electron chi connectivity index (χ2n) is 3.12. The first-order chi connectivity index (χ1) is 7.45. The van der Waals surface area contributed by atoms with E-state index in [0.29, 0.717) is 0 Å². The van der Waals surface area contributed by atoms with Crippen molar-refractivity contribution in [3.05, 3.63) is 42.5 Å². The lowest BCUT2D eigenvalue weighted by molar-refractivity contribution is -0.123. The minimum atomic E-state index is -4.01. The van der Waals surface area contributed by atoms with Gasteiger partial charge in [-0.05, 0) is 25.1 Å². The van der Waals surface area contributed by atoms with Gasteiger partial charge in [-0.1, -0.05) is 24.3 Å². The molecule has 0 saturated carbocycles. The highest BCUT2D eigenvalue weighted by Gasteiger charge is 2.23. The number of hydrogen-bond acceptors (Lipinski definition) is 3. The summed E-state index contributed by atoms with van der Waals surface area (Å²) in [5.74, 6) is -0.679. The van der Waals surface area contributed by atoms with Crippen LogP contribution in [0.25, 0.3) is 0 Å². The molecule has 0 aromatic heterocycles. The van der Waals surface area contributed by atoms with Crippen LogP contribution in [0.5, 0.6) is 0 Å². The van der Waals surface area contributed by atoms with E-state index in [2.05, 4.69) is 11.2 Å². The third kappa shape index (κ3) is 3.31. The van der Waals surface area contributed by atoms with Crippen LogP contribution in [0.4, 0.5) is 0 Å². The number of carbonyl (C=O) groups is 1. The quantitative estimate of drug-likeness (QED) is 0.469. The van der Waals surface area contributed by atoms with Crippen molar-refractivity contribution in [2.75, 3.05) is 0 Å². The molecule has 1 aromatic carbocycles.